The quantitative estimate of drug-likeness (QED) is 0.674. The number of amides is 2. The molecular weight excluding hydrogens is 220 g/mol. The first-order valence-electron chi connectivity index (χ1n) is 5.62. The molecule has 0 saturated carbocycles. The number of carbonyl (C=O) groups is 2. The zero-order chi connectivity index (χ0) is 13.6. The Balaban J connectivity index is 5.04. The molecule has 0 aliphatic carbocycles. The summed E-state index contributed by atoms with van der Waals surface area (Å²) in [5, 5.41) is 12.6. The summed E-state index contributed by atoms with van der Waals surface area (Å²) < 4.78 is 0. The predicted octanol–water partition coefficient (Wildman–Crippen LogP) is 0.152. The number of hydrogen-bond donors (Lipinski definition) is 2. The van der Waals surface area contributed by atoms with Gasteiger partial charge < -0.3 is 15.3 Å². The standard InChI is InChI=1S/C12H22N2O3/c1-6-7-8(2)11(16)10(12(17)13-4)14(5)9(3)15/h6-8,10-11,16H,1-5H3,(H,13,17)/b7-6+/t8-,10+,11-/m1/s1. The number of hydrogen-bond acceptors (Lipinski definition) is 3. The Morgan fingerprint density at radius 2 is 1.94 bits per heavy atom. The van der Waals surface area contributed by atoms with Crippen molar-refractivity contribution in [1.82, 2.24) is 10.2 Å². The van der Waals surface area contributed by atoms with E-state index in [1.165, 1.54) is 25.9 Å². The number of likely N-dealkylation sites (N-methyl/N-ethyl adjacent to an activating group) is 2. The van der Waals surface area contributed by atoms with E-state index in [9.17, 15) is 14.7 Å². The van der Waals surface area contributed by atoms with Gasteiger partial charge in [-0.2, -0.15) is 0 Å². The fourth-order valence-electron chi connectivity index (χ4n) is 1.61. The molecule has 0 aromatic heterocycles. The third kappa shape index (κ3) is 4.19. The van der Waals surface area contributed by atoms with Crippen molar-refractivity contribution < 1.29 is 14.7 Å². The molecule has 3 atom stereocenters. The normalized spacial score (nSPS) is 16.4. The summed E-state index contributed by atoms with van der Waals surface area (Å²) in [5.41, 5.74) is 0. The first-order valence-corrected chi connectivity index (χ1v) is 5.62. The zero-order valence-corrected chi connectivity index (χ0v) is 11.1. The van der Waals surface area contributed by atoms with Crippen LogP contribution in [0.4, 0.5) is 0 Å². The van der Waals surface area contributed by atoms with E-state index in [2.05, 4.69) is 5.32 Å². The van der Waals surface area contributed by atoms with E-state index in [0.717, 1.165) is 0 Å². The zero-order valence-electron chi connectivity index (χ0n) is 11.1. The molecule has 5 heteroatoms. The van der Waals surface area contributed by atoms with Crippen LogP contribution >= 0.6 is 0 Å². The average Bonchev–Trinajstić information content (AvgIpc) is 2.28. The second-order valence-corrected chi connectivity index (χ2v) is 4.06. The SMILES string of the molecule is C/C=C/[C@@H](C)[C@@H](O)[C@@H](C(=O)NC)N(C)C(C)=O. The molecule has 0 unspecified atom stereocenters. The Morgan fingerprint density at radius 3 is 2.29 bits per heavy atom. The lowest BCUT2D eigenvalue weighted by molar-refractivity contribution is -0.142. The highest BCUT2D eigenvalue weighted by atomic mass is 16.3. The molecule has 2 N–H and O–H groups in total. The van der Waals surface area contributed by atoms with Crippen LogP contribution in [0.25, 0.3) is 0 Å². The van der Waals surface area contributed by atoms with Crippen LogP contribution in [-0.2, 0) is 9.59 Å². The van der Waals surface area contributed by atoms with E-state index in [1.54, 1.807) is 13.0 Å². The van der Waals surface area contributed by atoms with Crippen LogP contribution < -0.4 is 5.32 Å². The van der Waals surface area contributed by atoms with Crippen molar-refractivity contribution in [3.8, 4) is 0 Å². The first kappa shape index (κ1) is 15.6. The molecule has 0 bridgehead atoms. The molecular formula is C12H22N2O3. The van der Waals surface area contributed by atoms with Crippen molar-refractivity contribution in [3.63, 3.8) is 0 Å². The summed E-state index contributed by atoms with van der Waals surface area (Å²) in [7, 11) is 2.99. The van der Waals surface area contributed by atoms with Gasteiger partial charge in [-0.1, -0.05) is 19.1 Å². The largest absolute Gasteiger partial charge is 0.390 e. The average molecular weight is 242 g/mol. The minimum absolute atomic E-state index is 0.205. The second-order valence-electron chi connectivity index (χ2n) is 4.06. The van der Waals surface area contributed by atoms with Crippen LogP contribution in [0.5, 0.6) is 0 Å². The van der Waals surface area contributed by atoms with Gasteiger partial charge in [0.1, 0.15) is 6.04 Å². The van der Waals surface area contributed by atoms with Gasteiger partial charge in [0.05, 0.1) is 6.10 Å². The lowest BCUT2D eigenvalue weighted by atomic mass is 9.95. The Hall–Kier alpha value is -1.36. The number of aliphatic hydroxyl groups excluding tert-OH is 1. The van der Waals surface area contributed by atoms with E-state index in [0.29, 0.717) is 0 Å². The summed E-state index contributed by atoms with van der Waals surface area (Å²) in [6.45, 7) is 5.00. The summed E-state index contributed by atoms with van der Waals surface area (Å²) in [6, 6.07) is -0.872. The highest BCUT2D eigenvalue weighted by Gasteiger charge is 2.33. The first-order chi connectivity index (χ1) is 7.86. The molecule has 0 aromatic carbocycles. The molecule has 0 aliphatic rings. The van der Waals surface area contributed by atoms with Gasteiger partial charge in [0, 0.05) is 26.9 Å². The van der Waals surface area contributed by atoms with Crippen LogP contribution in [0.15, 0.2) is 12.2 Å². The van der Waals surface area contributed by atoms with Gasteiger partial charge in [0.2, 0.25) is 11.8 Å². The Bertz CT molecular complexity index is 302. The van der Waals surface area contributed by atoms with Crippen molar-refractivity contribution >= 4 is 11.8 Å². The third-order valence-corrected chi connectivity index (χ3v) is 2.79. The van der Waals surface area contributed by atoms with Crippen LogP contribution in [0.1, 0.15) is 20.8 Å². The molecule has 0 heterocycles. The number of aliphatic hydroxyl groups is 1. The second kappa shape index (κ2) is 7.06. The molecule has 0 aliphatic heterocycles. The van der Waals surface area contributed by atoms with Crippen molar-refractivity contribution in [2.24, 2.45) is 5.92 Å². The Morgan fingerprint density at radius 1 is 1.41 bits per heavy atom. The highest BCUT2D eigenvalue weighted by molar-refractivity contribution is 5.87. The van der Waals surface area contributed by atoms with Gasteiger partial charge in [-0.25, -0.2) is 0 Å². The van der Waals surface area contributed by atoms with Crippen molar-refractivity contribution in [2.45, 2.75) is 32.9 Å². The van der Waals surface area contributed by atoms with Crippen molar-refractivity contribution in [3.05, 3.63) is 12.2 Å². The van der Waals surface area contributed by atoms with Gasteiger partial charge >= 0.3 is 0 Å². The van der Waals surface area contributed by atoms with Crippen molar-refractivity contribution in [2.75, 3.05) is 14.1 Å². The monoisotopic (exact) mass is 242 g/mol. The summed E-state index contributed by atoms with van der Waals surface area (Å²) in [4.78, 5) is 24.3. The lowest BCUT2D eigenvalue weighted by Crippen LogP contribution is -2.54. The summed E-state index contributed by atoms with van der Waals surface area (Å²) >= 11 is 0. The third-order valence-electron chi connectivity index (χ3n) is 2.79. The van der Waals surface area contributed by atoms with Crippen LogP contribution in [-0.4, -0.2) is 48.1 Å². The fourth-order valence-corrected chi connectivity index (χ4v) is 1.61. The minimum atomic E-state index is -0.931. The topological polar surface area (TPSA) is 69.6 Å². The summed E-state index contributed by atoms with van der Waals surface area (Å²) in [5.74, 6) is -0.832. The van der Waals surface area contributed by atoms with E-state index in [4.69, 9.17) is 0 Å². The molecule has 2 amide bonds. The molecule has 0 saturated heterocycles. The molecule has 5 nitrogen and oxygen atoms in total. The summed E-state index contributed by atoms with van der Waals surface area (Å²) in [6.07, 6.45) is 2.68. The van der Waals surface area contributed by atoms with Gasteiger partial charge in [0.15, 0.2) is 0 Å². The van der Waals surface area contributed by atoms with E-state index in [-0.39, 0.29) is 17.7 Å². The number of nitrogens with one attached hydrogen (secondary N) is 1. The maximum absolute atomic E-state index is 11.7. The van der Waals surface area contributed by atoms with E-state index in [1.807, 2.05) is 13.0 Å². The number of carbonyl (C=O) groups excluding carboxylic acids is 2. The molecule has 0 fully saturated rings. The van der Waals surface area contributed by atoms with Crippen LogP contribution in [0.2, 0.25) is 0 Å². The molecule has 0 spiro atoms. The maximum Gasteiger partial charge on any atom is 0.245 e. The van der Waals surface area contributed by atoms with Gasteiger partial charge in [0.25, 0.3) is 0 Å². The van der Waals surface area contributed by atoms with Crippen LogP contribution in [0.3, 0.4) is 0 Å². The molecule has 98 valence electrons. The maximum atomic E-state index is 11.7. The number of allylic oxidation sites excluding steroid dienone is 1. The smallest absolute Gasteiger partial charge is 0.245 e. The Labute approximate surface area is 102 Å². The molecule has 0 radical (unpaired) electrons. The number of rotatable bonds is 5. The van der Waals surface area contributed by atoms with Gasteiger partial charge in [-0.3, -0.25) is 9.59 Å². The predicted molar refractivity (Wildman–Crippen MR) is 66.3 cm³/mol. The molecule has 0 rings (SSSR count). The number of nitrogens with zero attached hydrogens (tertiary/aromatic N) is 1. The van der Waals surface area contributed by atoms with E-state index >= 15 is 0 Å². The molecule has 17 heavy (non-hydrogen) atoms. The van der Waals surface area contributed by atoms with E-state index < -0.39 is 12.1 Å². The minimum Gasteiger partial charge on any atom is -0.390 e. The van der Waals surface area contributed by atoms with Gasteiger partial charge in [-0.05, 0) is 6.92 Å². The Kier molecular flexibility index (Phi) is 6.50. The lowest BCUT2D eigenvalue weighted by Gasteiger charge is -2.31. The fraction of sp³-hybridized carbons (Fsp3) is 0.667. The van der Waals surface area contributed by atoms with Crippen molar-refractivity contribution in [1.29, 1.82) is 0 Å². The highest BCUT2D eigenvalue weighted by Crippen LogP contribution is 2.14. The molecule has 0 aromatic rings. The van der Waals surface area contributed by atoms with Gasteiger partial charge in [-0.15, -0.1) is 0 Å². The van der Waals surface area contributed by atoms with Crippen LogP contribution in [0, 0.1) is 5.92 Å².